The van der Waals surface area contributed by atoms with E-state index in [-0.39, 0.29) is 0 Å². The molecule has 82 valence electrons. The van der Waals surface area contributed by atoms with Gasteiger partial charge in [0.1, 0.15) is 0 Å². The van der Waals surface area contributed by atoms with Gasteiger partial charge in [0.2, 0.25) is 5.91 Å². The largest absolute Gasteiger partial charge is 0.366 e. The number of nitrogens with zero attached hydrogens (tertiary/aromatic N) is 1. The summed E-state index contributed by atoms with van der Waals surface area (Å²) in [5.41, 5.74) is 7.63. The van der Waals surface area contributed by atoms with Crippen LogP contribution >= 0.6 is 0 Å². The van der Waals surface area contributed by atoms with Crippen molar-refractivity contribution in [2.45, 2.75) is 19.8 Å². The quantitative estimate of drug-likeness (QED) is 0.852. The van der Waals surface area contributed by atoms with Crippen LogP contribution in [0.5, 0.6) is 0 Å². The van der Waals surface area contributed by atoms with Crippen LogP contribution in [0.1, 0.15) is 29.4 Å². The van der Waals surface area contributed by atoms with E-state index in [9.17, 15) is 4.79 Å². The molecule has 0 aliphatic carbocycles. The van der Waals surface area contributed by atoms with Gasteiger partial charge in [0.25, 0.3) is 0 Å². The van der Waals surface area contributed by atoms with E-state index in [1.165, 1.54) is 0 Å². The van der Waals surface area contributed by atoms with Crippen LogP contribution in [0.15, 0.2) is 30.3 Å². The summed E-state index contributed by atoms with van der Waals surface area (Å²) in [7, 11) is 0. The number of primary amides is 1. The van der Waals surface area contributed by atoms with Gasteiger partial charge in [0.05, 0.1) is 5.52 Å². The van der Waals surface area contributed by atoms with E-state index < -0.39 is 5.91 Å². The van der Waals surface area contributed by atoms with E-state index in [0.29, 0.717) is 5.56 Å². The number of pyridine rings is 1. The summed E-state index contributed by atoms with van der Waals surface area (Å²) >= 11 is 0. The monoisotopic (exact) mass is 214 g/mol. The summed E-state index contributed by atoms with van der Waals surface area (Å²) in [6.07, 6.45) is 2.02. The van der Waals surface area contributed by atoms with Gasteiger partial charge >= 0.3 is 0 Å². The molecule has 2 aromatic rings. The second-order valence-corrected chi connectivity index (χ2v) is 3.82. The highest BCUT2D eigenvalue weighted by atomic mass is 16.1. The maximum Gasteiger partial charge on any atom is 0.248 e. The Morgan fingerprint density at radius 3 is 2.75 bits per heavy atom. The Balaban J connectivity index is 2.52. The second kappa shape index (κ2) is 4.31. The van der Waals surface area contributed by atoms with Gasteiger partial charge in [-0.25, -0.2) is 0 Å². The molecule has 16 heavy (non-hydrogen) atoms. The standard InChI is InChI=1S/C13H14N2O/c1-2-3-11-7-6-9-4-5-10(13(14)16)8-12(9)15-11/h4-8H,2-3H2,1H3,(H2,14,16). The van der Waals surface area contributed by atoms with Crippen molar-refractivity contribution in [1.82, 2.24) is 4.98 Å². The molecule has 2 N–H and O–H groups in total. The topological polar surface area (TPSA) is 56.0 Å². The molecule has 1 aromatic carbocycles. The molecule has 2 rings (SSSR count). The molecule has 1 aromatic heterocycles. The zero-order chi connectivity index (χ0) is 11.5. The molecule has 0 spiro atoms. The Kier molecular flexibility index (Phi) is 2.86. The van der Waals surface area contributed by atoms with Crippen LogP contribution in [0.2, 0.25) is 0 Å². The molecular weight excluding hydrogens is 200 g/mol. The molecule has 0 radical (unpaired) electrons. The number of benzene rings is 1. The Labute approximate surface area is 94.3 Å². The SMILES string of the molecule is CCCc1ccc2ccc(C(N)=O)cc2n1. The lowest BCUT2D eigenvalue weighted by Gasteiger charge is -2.02. The van der Waals surface area contributed by atoms with Crippen molar-refractivity contribution in [3.63, 3.8) is 0 Å². The van der Waals surface area contributed by atoms with Crippen LogP contribution in [0.25, 0.3) is 10.9 Å². The molecule has 0 unspecified atom stereocenters. The van der Waals surface area contributed by atoms with Gasteiger partial charge in [0, 0.05) is 16.6 Å². The van der Waals surface area contributed by atoms with Crippen LogP contribution in [-0.4, -0.2) is 10.9 Å². The van der Waals surface area contributed by atoms with E-state index in [0.717, 1.165) is 29.4 Å². The van der Waals surface area contributed by atoms with Crippen molar-refractivity contribution < 1.29 is 4.79 Å². The van der Waals surface area contributed by atoms with E-state index in [1.54, 1.807) is 12.1 Å². The average Bonchev–Trinajstić information content (AvgIpc) is 2.28. The molecule has 0 aliphatic rings. The third-order valence-electron chi connectivity index (χ3n) is 2.54. The molecule has 0 bridgehead atoms. The lowest BCUT2D eigenvalue weighted by molar-refractivity contribution is 0.100. The van der Waals surface area contributed by atoms with Crippen molar-refractivity contribution in [2.24, 2.45) is 5.73 Å². The number of hydrogen-bond donors (Lipinski definition) is 1. The first kappa shape index (κ1) is 10.6. The number of aryl methyl sites for hydroxylation is 1. The molecule has 3 heteroatoms. The molecule has 1 amide bonds. The van der Waals surface area contributed by atoms with Crippen molar-refractivity contribution in [1.29, 1.82) is 0 Å². The maximum absolute atomic E-state index is 11.0. The molecule has 0 aliphatic heterocycles. The van der Waals surface area contributed by atoms with E-state index in [4.69, 9.17) is 5.73 Å². The fourth-order valence-corrected chi connectivity index (χ4v) is 1.71. The first-order chi connectivity index (χ1) is 7.70. The van der Waals surface area contributed by atoms with Crippen molar-refractivity contribution in [3.05, 3.63) is 41.6 Å². The van der Waals surface area contributed by atoms with Crippen LogP contribution in [0.4, 0.5) is 0 Å². The average molecular weight is 214 g/mol. The summed E-state index contributed by atoms with van der Waals surface area (Å²) in [5.74, 6) is -0.412. The minimum absolute atomic E-state index is 0.412. The van der Waals surface area contributed by atoms with Gasteiger partial charge in [-0.15, -0.1) is 0 Å². The number of rotatable bonds is 3. The minimum Gasteiger partial charge on any atom is -0.366 e. The van der Waals surface area contributed by atoms with Crippen LogP contribution in [0.3, 0.4) is 0 Å². The highest BCUT2D eigenvalue weighted by Gasteiger charge is 2.03. The Morgan fingerprint density at radius 1 is 1.31 bits per heavy atom. The predicted molar refractivity (Wildman–Crippen MR) is 64.3 cm³/mol. The Hall–Kier alpha value is -1.90. The highest BCUT2D eigenvalue weighted by Crippen LogP contribution is 2.15. The Morgan fingerprint density at radius 2 is 2.06 bits per heavy atom. The number of amides is 1. The summed E-state index contributed by atoms with van der Waals surface area (Å²) in [5, 5.41) is 1.03. The number of carbonyl (C=O) groups is 1. The van der Waals surface area contributed by atoms with Crippen LogP contribution < -0.4 is 5.73 Å². The van der Waals surface area contributed by atoms with Gasteiger partial charge in [0.15, 0.2) is 0 Å². The third-order valence-corrected chi connectivity index (χ3v) is 2.54. The van der Waals surface area contributed by atoms with Crippen molar-refractivity contribution in [2.75, 3.05) is 0 Å². The fraction of sp³-hybridized carbons (Fsp3) is 0.231. The smallest absolute Gasteiger partial charge is 0.248 e. The van der Waals surface area contributed by atoms with Crippen LogP contribution in [0, 0.1) is 0 Å². The molecule has 0 fully saturated rings. The molecule has 0 saturated heterocycles. The summed E-state index contributed by atoms with van der Waals surface area (Å²) in [4.78, 5) is 15.5. The first-order valence-corrected chi connectivity index (χ1v) is 5.40. The molecule has 0 saturated carbocycles. The number of aromatic nitrogens is 1. The summed E-state index contributed by atoms with van der Waals surface area (Å²) < 4.78 is 0. The minimum atomic E-state index is -0.412. The van der Waals surface area contributed by atoms with E-state index in [1.807, 2.05) is 18.2 Å². The molecule has 1 heterocycles. The second-order valence-electron chi connectivity index (χ2n) is 3.82. The number of hydrogen-bond acceptors (Lipinski definition) is 2. The lowest BCUT2D eigenvalue weighted by atomic mass is 10.1. The van der Waals surface area contributed by atoms with E-state index >= 15 is 0 Å². The molecule has 0 atom stereocenters. The maximum atomic E-state index is 11.0. The van der Waals surface area contributed by atoms with E-state index in [2.05, 4.69) is 11.9 Å². The zero-order valence-corrected chi connectivity index (χ0v) is 9.23. The summed E-state index contributed by atoms with van der Waals surface area (Å²) in [6.45, 7) is 2.12. The normalized spacial score (nSPS) is 10.6. The zero-order valence-electron chi connectivity index (χ0n) is 9.23. The number of nitrogens with two attached hydrogens (primary N) is 1. The predicted octanol–water partition coefficient (Wildman–Crippen LogP) is 2.29. The number of carbonyl (C=O) groups excluding carboxylic acids is 1. The first-order valence-electron chi connectivity index (χ1n) is 5.40. The van der Waals surface area contributed by atoms with Crippen LogP contribution in [-0.2, 0) is 6.42 Å². The Bertz CT molecular complexity index is 534. The fourth-order valence-electron chi connectivity index (χ4n) is 1.71. The molecular formula is C13H14N2O. The number of fused-ring (bicyclic) bond motifs is 1. The van der Waals surface area contributed by atoms with Gasteiger partial charge in [-0.1, -0.05) is 25.5 Å². The highest BCUT2D eigenvalue weighted by molar-refractivity contribution is 5.96. The lowest BCUT2D eigenvalue weighted by Crippen LogP contribution is -2.10. The molecule has 3 nitrogen and oxygen atoms in total. The van der Waals surface area contributed by atoms with Crippen molar-refractivity contribution in [3.8, 4) is 0 Å². The third kappa shape index (κ3) is 2.03. The summed E-state index contributed by atoms with van der Waals surface area (Å²) in [6, 6.07) is 9.40. The van der Waals surface area contributed by atoms with Gasteiger partial charge in [-0.05, 0) is 24.6 Å². The van der Waals surface area contributed by atoms with Gasteiger partial charge in [-0.2, -0.15) is 0 Å². The van der Waals surface area contributed by atoms with Crippen molar-refractivity contribution >= 4 is 16.8 Å². The van der Waals surface area contributed by atoms with Gasteiger partial charge in [-0.3, -0.25) is 9.78 Å². The van der Waals surface area contributed by atoms with Gasteiger partial charge < -0.3 is 5.73 Å².